The van der Waals surface area contributed by atoms with Crippen LogP contribution < -0.4 is 5.32 Å². The molecule has 2 aliphatic heterocycles. The normalized spacial score (nSPS) is 18.6. The first-order valence-electron chi connectivity index (χ1n) is 10.1. The summed E-state index contributed by atoms with van der Waals surface area (Å²) in [7, 11) is 0. The van der Waals surface area contributed by atoms with E-state index in [1.165, 1.54) is 38.2 Å². The molecule has 4 rings (SSSR count). The monoisotopic (exact) mass is 369 g/mol. The van der Waals surface area contributed by atoms with Crippen molar-refractivity contribution in [2.24, 2.45) is 5.41 Å². The largest absolute Gasteiger partial charge is 0.363 e. The highest BCUT2D eigenvalue weighted by atomic mass is 15.3. The molecule has 0 radical (unpaired) electrons. The van der Waals surface area contributed by atoms with Gasteiger partial charge in [0.2, 0.25) is 0 Å². The summed E-state index contributed by atoms with van der Waals surface area (Å²) >= 11 is 0. The molecule has 4 heterocycles. The minimum atomic E-state index is 0.322. The van der Waals surface area contributed by atoms with E-state index in [4.69, 9.17) is 5.10 Å². The van der Waals surface area contributed by atoms with Gasteiger partial charge >= 0.3 is 0 Å². The molecule has 0 spiro atoms. The van der Waals surface area contributed by atoms with Gasteiger partial charge in [0.25, 0.3) is 0 Å². The molecule has 0 atom stereocenters. The maximum absolute atomic E-state index is 4.75. The zero-order valence-electron chi connectivity index (χ0n) is 16.6. The first-order chi connectivity index (χ1) is 13.1. The Hall–Kier alpha value is -1.99. The number of fused-ring (bicyclic) bond motifs is 1. The van der Waals surface area contributed by atoms with Crippen LogP contribution >= 0.6 is 0 Å². The molecule has 1 saturated heterocycles. The molecule has 0 aromatic carbocycles. The van der Waals surface area contributed by atoms with E-state index in [-0.39, 0.29) is 0 Å². The van der Waals surface area contributed by atoms with Crippen molar-refractivity contribution in [1.29, 1.82) is 0 Å². The summed E-state index contributed by atoms with van der Waals surface area (Å²) in [5.41, 5.74) is 2.70. The van der Waals surface area contributed by atoms with Gasteiger partial charge in [0, 0.05) is 38.6 Å². The Balaban J connectivity index is 1.32. The highest BCUT2D eigenvalue weighted by Crippen LogP contribution is 2.24. The topological polar surface area (TPSA) is 62.1 Å². The Morgan fingerprint density at radius 2 is 1.85 bits per heavy atom. The van der Waals surface area contributed by atoms with Crippen LogP contribution in [0, 0.1) is 5.41 Å². The molecule has 2 aromatic rings. The van der Waals surface area contributed by atoms with Gasteiger partial charge in [-0.05, 0) is 37.4 Å². The number of hydrogen-bond acceptors (Lipinski definition) is 6. The third-order valence-electron chi connectivity index (χ3n) is 5.44. The molecular formula is C20H31N7. The number of nitrogens with zero attached hydrogens (tertiary/aromatic N) is 6. The molecule has 2 aromatic heterocycles. The van der Waals surface area contributed by atoms with E-state index < -0.39 is 0 Å². The van der Waals surface area contributed by atoms with Crippen molar-refractivity contribution in [2.45, 2.75) is 46.3 Å². The molecule has 7 nitrogen and oxygen atoms in total. The molecule has 0 amide bonds. The zero-order chi connectivity index (χ0) is 18.7. The molecule has 1 N–H and O–H groups in total. The van der Waals surface area contributed by atoms with Crippen LogP contribution in [0.5, 0.6) is 0 Å². The van der Waals surface area contributed by atoms with E-state index in [2.05, 4.69) is 49.7 Å². The van der Waals surface area contributed by atoms with Crippen LogP contribution in [0.2, 0.25) is 0 Å². The van der Waals surface area contributed by atoms with E-state index in [0.29, 0.717) is 12.0 Å². The Labute approximate surface area is 161 Å². The van der Waals surface area contributed by atoms with Crippen LogP contribution in [0.3, 0.4) is 0 Å². The Bertz CT molecular complexity index is 734. The Morgan fingerprint density at radius 1 is 1.04 bits per heavy atom. The average Bonchev–Trinajstić information content (AvgIpc) is 3.29. The highest BCUT2D eigenvalue weighted by molar-refractivity contribution is 5.31. The molecule has 0 saturated carbocycles. The lowest BCUT2D eigenvalue weighted by Crippen LogP contribution is -2.44. The van der Waals surface area contributed by atoms with Gasteiger partial charge in [-0.2, -0.15) is 5.10 Å². The summed E-state index contributed by atoms with van der Waals surface area (Å²) in [6.07, 6.45) is 7.84. The first-order valence-corrected chi connectivity index (χ1v) is 10.1. The van der Waals surface area contributed by atoms with Crippen molar-refractivity contribution < 1.29 is 0 Å². The van der Waals surface area contributed by atoms with E-state index >= 15 is 0 Å². The summed E-state index contributed by atoms with van der Waals surface area (Å²) in [4.78, 5) is 13.6. The predicted octanol–water partition coefficient (Wildman–Crippen LogP) is 2.22. The highest BCUT2D eigenvalue weighted by Gasteiger charge is 2.28. The molecule has 27 heavy (non-hydrogen) atoms. The van der Waals surface area contributed by atoms with Gasteiger partial charge < -0.3 is 10.2 Å². The summed E-state index contributed by atoms with van der Waals surface area (Å²) in [5, 5.41) is 8.04. The van der Waals surface area contributed by atoms with Gasteiger partial charge in [-0.1, -0.05) is 13.8 Å². The number of rotatable bonds is 7. The van der Waals surface area contributed by atoms with Crippen LogP contribution in [0.25, 0.3) is 0 Å². The number of likely N-dealkylation sites (tertiary alicyclic amines) is 1. The smallest absolute Gasteiger partial charge is 0.144 e. The van der Waals surface area contributed by atoms with Crippen molar-refractivity contribution in [3.05, 3.63) is 36.0 Å². The van der Waals surface area contributed by atoms with Crippen molar-refractivity contribution in [3.63, 3.8) is 0 Å². The van der Waals surface area contributed by atoms with Crippen molar-refractivity contribution in [3.8, 4) is 0 Å². The van der Waals surface area contributed by atoms with Gasteiger partial charge in [0.1, 0.15) is 5.82 Å². The maximum atomic E-state index is 4.75. The molecule has 1 fully saturated rings. The molecule has 7 heteroatoms. The standard InChI is InChI=1S/C20H31N7/c1-20(2,15-25-7-3-4-8-25)16-26-9-10-27-18(14-26)11-17(24-27)12-23-19-13-21-5-6-22-19/h5-6,11,13H,3-4,7-10,12,14-16H2,1-2H3,(H,22,23). The molecule has 2 aliphatic rings. The van der Waals surface area contributed by atoms with Crippen molar-refractivity contribution in [1.82, 2.24) is 29.5 Å². The minimum Gasteiger partial charge on any atom is -0.363 e. The molecule has 0 bridgehead atoms. The quantitative estimate of drug-likeness (QED) is 0.807. The summed E-state index contributed by atoms with van der Waals surface area (Å²) in [6, 6.07) is 2.23. The predicted molar refractivity (Wildman–Crippen MR) is 106 cm³/mol. The first kappa shape index (κ1) is 18.4. The number of anilines is 1. The third-order valence-corrected chi connectivity index (χ3v) is 5.44. The van der Waals surface area contributed by atoms with Crippen LogP contribution in [0.1, 0.15) is 38.1 Å². The maximum Gasteiger partial charge on any atom is 0.144 e. The van der Waals surface area contributed by atoms with Crippen molar-refractivity contribution in [2.75, 3.05) is 38.0 Å². The van der Waals surface area contributed by atoms with E-state index in [1.807, 2.05) is 0 Å². The summed E-state index contributed by atoms with van der Waals surface area (Å²) in [5.74, 6) is 0.786. The molecular weight excluding hydrogens is 338 g/mol. The lowest BCUT2D eigenvalue weighted by molar-refractivity contribution is 0.111. The lowest BCUT2D eigenvalue weighted by Gasteiger charge is -2.37. The molecule has 0 unspecified atom stereocenters. The SMILES string of the molecule is CC(C)(CN1CCCC1)CN1CCn2nc(CNc3cnccn3)cc2C1. The van der Waals surface area contributed by atoms with Crippen LogP contribution in [-0.4, -0.2) is 62.3 Å². The van der Waals surface area contributed by atoms with Gasteiger partial charge in [0.05, 0.1) is 30.7 Å². The second-order valence-corrected chi connectivity index (χ2v) is 8.65. The van der Waals surface area contributed by atoms with Gasteiger partial charge in [-0.25, -0.2) is 4.98 Å². The minimum absolute atomic E-state index is 0.322. The van der Waals surface area contributed by atoms with Crippen LogP contribution in [-0.2, 0) is 19.6 Å². The van der Waals surface area contributed by atoms with E-state index in [9.17, 15) is 0 Å². The van der Waals surface area contributed by atoms with Crippen LogP contribution in [0.4, 0.5) is 5.82 Å². The second-order valence-electron chi connectivity index (χ2n) is 8.65. The lowest BCUT2D eigenvalue weighted by atomic mass is 9.91. The van der Waals surface area contributed by atoms with E-state index in [0.717, 1.165) is 37.7 Å². The van der Waals surface area contributed by atoms with Crippen molar-refractivity contribution >= 4 is 5.82 Å². The summed E-state index contributed by atoms with van der Waals surface area (Å²) < 4.78 is 2.16. The van der Waals surface area contributed by atoms with Gasteiger partial charge in [-0.15, -0.1) is 0 Å². The van der Waals surface area contributed by atoms with Gasteiger partial charge in [0.15, 0.2) is 0 Å². The fraction of sp³-hybridized carbons (Fsp3) is 0.650. The average molecular weight is 370 g/mol. The molecule has 146 valence electrons. The van der Waals surface area contributed by atoms with Crippen LogP contribution in [0.15, 0.2) is 24.7 Å². The Kier molecular flexibility index (Phi) is 5.41. The zero-order valence-corrected chi connectivity index (χ0v) is 16.6. The van der Waals surface area contributed by atoms with E-state index in [1.54, 1.807) is 18.6 Å². The Morgan fingerprint density at radius 3 is 2.63 bits per heavy atom. The fourth-order valence-electron chi connectivity index (χ4n) is 4.37. The number of aromatic nitrogens is 4. The molecule has 0 aliphatic carbocycles. The fourth-order valence-corrected chi connectivity index (χ4v) is 4.37. The number of nitrogens with one attached hydrogen (secondary N) is 1. The van der Waals surface area contributed by atoms with Gasteiger partial charge in [-0.3, -0.25) is 14.6 Å². The third kappa shape index (κ3) is 4.84. The number of hydrogen-bond donors (Lipinski definition) is 1. The second kappa shape index (κ2) is 7.94. The summed E-state index contributed by atoms with van der Waals surface area (Å²) in [6.45, 7) is 13.4.